The van der Waals surface area contributed by atoms with Gasteiger partial charge in [-0.15, -0.1) is 23.1 Å². The molecule has 1 amide bonds. The molecule has 19 heavy (non-hydrogen) atoms. The molecule has 1 N–H and O–H groups in total. The van der Waals surface area contributed by atoms with Crippen molar-refractivity contribution in [2.75, 3.05) is 11.6 Å². The second-order valence-electron chi connectivity index (χ2n) is 3.81. The number of hydrogen-bond acceptors (Lipinski definition) is 4. The molecule has 0 fully saturated rings. The van der Waals surface area contributed by atoms with Crippen molar-refractivity contribution < 1.29 is 4.79 Å². The molecular weight excluding hydrogens is 276 g/mol. The molecule has 5 heteroatoms. The molecular formula is C14H14N2OS2. The number of aromatic nitrogens is 1. The first-order chi connectivity index (χ1) is 9.19. The number of thiazole rings is 1. The number of carbonyl (C=O) groups is 1. The van der Waals surface area contributed by atoms with Crippen molar-refractivity contribution in [1.82, 2.24) is 4.98 Å². The molecule has 0 aliphatic carbocycles. The van der Waals surface area contributed by atoms with Crippen LogP contribution in [0.2, 0.25) is 0 Å². The van der Waals surface area contributed by atoms with Crippen LogP contribution in [-0.2, 0) is 4.79 Å². The van der Waals surface area contributed by atoms with Gasteiger partial charge in [0, 0.05) is 16.4 Å². The predicted octanol–water partition coefficient (Wildman–Crippen LogP) is 3.83. The van der Waals surface area contributed by atoms with Crippen molar-refractivity contribution in [3.63, 3.8) is 0 Å². The van der Waals surface area contributed by atoms with Gasteiger partial charge in [0.2, 0.25) is 5.91 Å². The van der Waals surface area contributed by atoms with E-state index in [1.54, 1.807) is 29.2 Å². The lowest BCUT2D eigenvalue weighted by Crippen LogP contribution is -2.08. The minimum atomic E-state index is -0.146. The van der Waals surface area contributed by atoms with Crippen LogP contribution in [0.5, 0.6) is 0 Å². The number of benzene rings is 1. The number of rotatable bonds is 4. The van der Waals surface area contributed by atoms with Crippen LogP contribution >= 0.6 is 23.1 Å². The zero-order valence-corrected chi connectivity index (χ0v) is 12.3. The minimum absolute atomic E-state index is 0.146. The van der Waals surface area contributed by atoms with Gasteiger partial charge in [0.05, 0.1) is 16.4 Å². The molecule has 98 valence electrons. The van der Waals surface area contributed by atoms with Gasteiger partial charge in [-0.25, -0.2) is 4.98 Å². The normalized spacial score (nSPS) is 10.8. The average molecular weight is 290 g/mol. The molecule has 1 aromatic carbocycles. The van der Waals surface area contributed by atoms with Gasteiger partial charge >= 0.3 is 0 Å². The van der Waals surface area contributed by atoms with Crippen molar-refractivity contribution in [2.24, 2.45) is 0 Å². The van der Waals surface area contributed by atoms with E-state index in [9.17, 15) is 4.79 Å². The quantitative estimate of drug-likeness (QED) is 0.687. The Hall–Kier alpha value is -1.59. The first kappa shape index (κ1) is 13.8. The lowest BCUT2D eigenvalue weighted by atomic mass is 10.3. The molecule has 0 aliphatic rings. The Morgan fingerprint density at radius 2 is 2.21 bits per heavy atom. The van der Waals surface area contributed by atoms with E-state index in [1.807, 2.05) is 42.8 Å². The zero-order valence-electron chi connectivity index (χ0n) is 10.7. The monoisotopic (exact) mass is 290 g/mol. The molecule has 2 rings (SSSR count). The Morgan fingerprint density at radius 3 is 2.89 bits per heavy atom. The van der Waals surface area contributed by atoms with Gasteiger partial charge in [0.1, 0.15) is 0 Å². The Balaban J connectivity index is 2.03. The number of nitrogens with zero attached hydrogens (tertiary/aromatic N) is 1. The summed E-state index contributed by atoms with van der Waals surface area (Å²) in [5.41, 5.74) is 1.65. The van der Waals surface area contributed by atoms with Gasteiger partial charge in [-0.05, 0) is 31.4 Å². The third-order valence-corrected chi connectivity index (χ3v) is 3.99. The molecule has 3 nitrogen and oxygen atoms in total. The third-order valence-electron chi connectivity index (χ3n) is 2.41. The first-order valence-corrected chi connectivity index (χ1v) is 7.83. The van der Waals surface area contributed by atoms with Gasteiger partial charge < -0.3 is 5.32 Å². The van der Waals surface area contributed by atoms with Crippen LogP contribution in [0.1, 0.15) is 10.7 Å². The van der Waals surface area contributed by atoms with Crippen LogP contribution in [-0.4, -0.2) is 17.1 Å². The summed E-state index contributed by atoms with van der Waals surface area (Å²) in [6, 6.07) is 7.73. The molecule has 0 atom stereocenters. The smallest absolute Gasteiger partial charge is 0.248 e. The fourth-order valence-corrected chi connectivity index (χ4v) is 2.67. The van der Waals surface area contributed by atoms with Crippen molar-refractivity contribution in [3.8, 4) is 0 Å². The highest BCUT2D eigenvalue weighted by Crippen LogP contribution is 2.24. The Kier molecular flexibility index (Phi) is 4.76. The number of nitrogens with one attached hydrogen (secondary N) is 1. The van der Waals surface area contributed by atoms with Crippen LogP contribution < -0.4 is 5.32 Å². The molecule has 0 aliphatic heterocycles. The Labute approximate surface area is 120 Å². The summed E-state index contributed by atoms with van der Waals surface area (Å²) in [6.45, 7) is 1.94. The zero-order chi connectivity index (χ0) is 13.7. The Morgan fingerprint density at radius 1 is 1.42 bits per heavy atom. The number of carbonyl (C=O) groups excluding carboxylic acids is 1. The van der Waals surface area contributed by atoms with E-state index in [-0.39, 0.29) is 5.91 Å². The SMILES string of the molecule is CSc1ccccc1NC(=O)/C=C/c1csc(C)n1. The largest absolute Gasteiger partial charge is 0.321 e. The molecule has 0 radical (unpaired) electrons. The highest BCUT2D eigenvalue weighted by Gasteiger charge is 2.03. The molecule has 1 heterocycles. The minimum Gasteiger partial charge on any atom is -0.321 e. The van der Waals surface area contributed by atoms with E-state index < -0.39 is 0 Å². The maximum atomic E-state index is 11.8. The fraction of sp³-hybridized carbons (Fsp3) is 0.143. The van der Waals surface area contributed by atoms with Crippen LogP contribution in [0.15, 0.2) is 40.6 Å². The lowest BCUT2D eigenvalue weighted by Gasteiger charge is -2.06. The van der Waals surface area contributed by atoms with Gasteiger partial charge in [-0.2, -0.15) is 0 Å². The second kappa shape index (κ2) is 6.54. The summed E-state index contributed by atoms with van der Waals surface area (Å²) >= 11 is 3.17. The van der Waals surface area contributed by atoms with Crippen molar-refractivity contribution in [2.45, 2.75) is 11.8 Å². The maximum absolute atomic E-state index is 11.8. The molecule has 1 aromatic heterocycles. The van der Waals surface area contributed by atoms with Crippen LogP contribution in [0.3, 0.4) is 0 Å². The maximum Gasteiger partial charge on any atom is 0.248 e. The molecule has 2 aromatic rings. The van der Waals surface area contributed by atoms with E-state index in [4.69, 9.17) is 0 Å². The van der Waals surface area contributed by atoms with E-state index in [0.717, 1.165) is 21.3 Å². The predicted molar refractivity (Wildman–Crippen MR) is 82.7 cm³/mol. The van der Waals surface area contributed by atoms with Crippen LogP contribution in [0.4, 0.5) is 5.69 Å². The number of hydrogen-bond donors (Lipinski definition) is 1. The summed E-state index contributed by atoms with van der Waals surface area (Å²) in [5, 5.41) is 5.79. The van der Waals surface area contributed by atoms with Crippen molar-refractivity contribution in [1.29, 1.82) is 0 Å². The molecule has 0 unspecified atom stereocenters. The summed E-state index contributed by atoms with van der Waals surface area (Å²) in [4.78, 5) is 17.1. The standard InChI is InChI=1S/C14H14N2OS2/c1-10-15-11(9-19-10)7-8-14(17)16-12-5-3-4-6-13(12)18-2/h3-9H,1-2H3,(H,16,17)/b8-7+. The Bertz CT molecular complexity index is 605. The number of anilines is 1. The van der Waals surface area contributed by atoms with E-state index in [1.165, 1.54) is 6.08 Å². The number of amides is 1. The molecule has 0 spiro atoms. The topological polar surface area (TPSA) is 42.0 Å². The number of aryl methyl sites for hydroxylation is 1. The van der Waals surface area contributed by atoms with Gasteiger partial charge in [-0.1, -0.05) is 12.1 Å². The van der Waals surface area contributed by atoms with Gasteiger partial charge in [-0.3, -0.25) is 4.79 Å². The molecule has 0 saturated carbocycles. The van der Waals surface area contributed by atoms with Gasteiger partial charge in [0.25, 0.3) is 0 Å². The number of para-hydroxylation sites is 1. The van der Waals surface area contributed by atoms with Crippen LogP contribution in [0, 0.1) is 6.92 Å². The highest BCUT2D eigenvalue weighted by atomic mass is 32.2. The second-order valence-corrected chi connectivity index (χ2v) is 5.72. The summed E-state index contributed by atoms with van der Waals surface area (Å²) < 4.78 is 0. The van der Waals surface area contributed by atoms with Crippen molar-refractivity contribution in [3.05, 3.63) is 46.4 Å². The third kappa shape index (κ3) is 3.94. The summed E-state index contributed by atoms with van der Waals surface area (Å²) in [7, 11) is 0. The summed E-state index contributed by atoms with van der Waals surface area (Å²) in [6.07, 6.45) is 5.21. The van der Waals surface area contributed by atoms with Crippen molar-refractivity contribution >= 4 is 40.8 Å². The van der Waals surface area contributed by atoms with E-state index in [0.29, 0.717) is 0 Å². The molecule has 0 bridgehead atoms. The highest BCUT2D eigenvalue weighted by molar-refractivity contribution is 7.98. The van der Waals surface area contributed by atoms with Crippen LogP contribution in [0.25, 0.3) is 6.08 Å². The van der Waals surface area contributed by atoms with E-state index >= 15 is 0 Å². The lowest BCUT2D eigenvalue weighted by molar-refractivity contribution is -0.111. The fourth-order valence-electron chi connectivity index (χ4n) is 1.54. The van der Waals surface area contributed by atoms with E-state index in [2.05, 4.69) is 10.3 Å². The number of thioether (sulfide) groups is 1. The van der Waals surface area contributed by atoms with Gasteiger partial charge in [0.15, 0.2) is 0 Å². The summed E-state index contributed by atoms with van der Waals surface area (Å²) in [5.74, 6) is -0.146. The average Bonchev–Trinajstić information content (AvgIpc) is 2.83. The first-order valence-electron chi connectivity index (χ1n) is 5.73. The molecule has 0 saturated heterocycles.